The molecule has 0 aliphatic carbocycles. The van der Waals surface area contributed by atoms with Crippen LogP contribution in [0.15, 0.2) is 18.2 Å². The van der Waals surface area contributed by atoms with Crippen molar-refractivity contribution in [2.75, 3.05) is 39.9 Å². The molecule has 1 aromatic carbocycles. The fourth-order valence-corrected chi connectivity index (χ4v) is 1.87. The van der Waals surface area contributed by atoms with Crippen LogP contribution in [0.4, 0.5) is 5.69 Å². The molecule has 0 aromatic heterocycles. The number of anilines is 1. The average molecular weight is 285 g/mol. The third kappa shape index (κ3) is 4.56. The maximum atomic E-state index is 8.83. The number of methoxy groups -OCH3 is 3. The van der Waals surface area contributed by atoms with Gasteiger partial charge in [0.2, 0.25) is 0 Å². The quantitative estimate of drug-likeness (QED) is 0.670. The van der Waals surface area contributed by atoms with Gasteiger partial charge in [0, 0.05) is 26.0 Å². The number of ether oxygens (including phenoxy) is 4. The lowest BCUT2D eigenvalue weighted by Gasteiger charge is -2.23. The first-order valence-corrected chi connectivity index (χ1v) is 6.40. The second-order valence-corrected chi connectivity index (χ2v) is 4.21. The van der Waals surface area contributed by atoms with Crippen LogP contribution < -0.4 is 14.8 Å². The second-order valence-electron chi connectivity index (χ2n) is 4.21. The first-order chi connectivity index (χ1) is 9.65. The average Bonchev–Trinajstić information content (AvgIpc) is 2.46. The zero-order valence-electron chi connectivity index (χ0n) is 12.4. The standard InChI is InChI=1S/C14H23NO5/c1-10(14(18-3)19-4)15-11-5-6-12(17-2)13(9-11)20-8-7-16/h5-6,9-10,14-16H,7-8H2,1-4H3. The number of aliphatic hydroxyl groups excluding tert-OH is 1. The van der Waals surface area contributed by atoms with Gasteiger partial charge in [-0.2, -0.15) is 0 Å². The van der Waals surface area contributed by atoms with Gasteiger partial charge in [0.25, 0.3) is 0 Å². The molecule has 1 atom stereocenters. The normalized spacial score (nSPS) is 12.3. The summed E-state index contributed by atoms with van der Waals surface area (Å²) in [6, 6.07) is 5.46. The second kappa shape index (κ2) is 8.63. The lowest BCUT2D eigenvalue weighted by atomic mass is 10.2. The van der Waals surface area contributed by atoms with Crippen molar-refractivity contribution in [2.45, 2.75) is 19.3 Å². The molecule has 20 heavy (non-hydrogen) atoms. The summed E-state index contributed by atoms with van der Waals surface area (Å²) < 4.78 is 21.0. The molecule has 1 unspecified atom stereocenters. The van der Waals surface area contributed by atoms with Crippen LogP contribution in [0.2, 0.25) is 0 Å². The monoisotopic (exact) mass is 285 g/mol. The van der Waals surface area contributed by atoms with E-state index in [1.165, 1.54) is 0 Å². The topological polar surface area (TPSA) is 69.2 Å². The predicted molar refractivity (Wildman–Crippen MR) is 76.5 cm³/mol. The SMILES string of the molecule is COc1ccc(NC(C)C(OC)OC)cc1OCCO. The number of benzene rings is 1. The van der Waals surface area contributed by atoms with E-state index in [0.717, 1.165) is 5.69 Å². The lowest BCUT2D eigenvalue weighted by molar-refractivity contribution is -0.109. The van der Waals surface area contributed by atoms with Gasteiger partial charge in [-0.3, -0.25) is 0 Å². The zero-order chi connectivity index (χ0) is 15.0. The fourth-order valence-electron chi connectivity index (χ4n) is 1.87. The smallest absolute Gasteiger partial charge is 0.176 e. The number of hydrogen-bond acceptors (Lipinski definition) is 6. The molecule has 0 fully saturated rings. The largest absolute Gasteiger partial charge is 0.493 e. The molecule has 1 rings (SSSR count). The molecule has 0 saturated carbocycles. The molecule has 1 aromatic rings. The first kappa shape index (κ1) is 16.6. The third-order valence-corrected chi connectivity index (χ3v) is 2.78. The van der Waals surface area contributed by atoms with E-state index in [-0.39, 0.29) is 25.5 Å². The molecule has 0 aliphatic rings. The van der Waals surface area contributed by atoms with Gasteiger partial charge in [-0.25, -0.2) is 0 Å². The molecule has 0 radical (unpaired) electrons. The summed E-state index contributed by atoms with van der Waals surface area (Å²) in [5.41, 5.74) is 0.852. The molecule has 0 aliphatic heterocycles. The van der Waals surface area contributed by atoms with Gasteiger partial charge in [-0.15, -0.1) is 0 Å². The van der Waals surface area contributed by atoms with Crippen LogP contribution in [-0.2, 0) is 9.47 Å². The fraction of sp³-hybridized carbons (Fsp3) is 0.571. The van der Waals surface area contributed by atoms with Crippen molar-refractivity contribution in [2.24, 2.45) is 0 Å². The Kier molecular flexibility index (Phi) is 7.14. The number of aliphatic hydroxyl groups is 1. The molecule has 0 bridgehead atoms. The van der Waals surface area contributed by atoms with Crippen LogP contribution >= 0.6 is 0 Å². The van der Waals surface area contributed by atoms with Crippen LogP contribution in [0.1, 0.15) is 6.92 Å². The van der Waals surface area contributed by atoms with E-state index in [4.69, 9.17) is 24.1 Å². The Morgan fingerprint density at radius 1 is 1.15 bits per heavy atom. The Morgan fingerprint density at radius 3 is 2.40 bits per heavy atom. The predicted octanol–water partition coefficient (Wildman–Crippen LogP) is 1.49. The zero-order valence-corrected chi connectivity index (χ0v) is 12.4. The molecule has 6 nitrogen and oxygen atoms in total. The highest BCUT2D eigenvalue weighted by Gasteiger charge is 2.16. The minimum Gasteiger partial charge on any atom is -0.493 e. The van der Waals surface area contributed by atoms with Gasteiger partial charge in [0.1, 0.15) is 6.61 Å². The highest BCUT2D eigenvalue weighted by molar-refractivity contribution is 5.55. The first-order valence-electron chi connectivity index (χ1n) is 6.40. The maximum Gasteiger partial charge on any atom is 0.176 e. The van der Waals surface area contributed by atoms with Crippen LogP contribution in [0.5, 0.6) is 11.5 Å². The molecule has 6 heteroatoms. The van der Waals surface area contributed by atoms with Crippen molar-refractivity contribution in [3.63, 3.8) is 0 Å². The van der Waals surface area contributed by atoms with Gasteiger partial charge in [-0.05, 0) is 19.1 Å². The molecular formula is C14H23NO5. The van der Waals surface area contributed by atoms with E-state index in [2.05, 4.69) is 5.32 Å². The van der Waals surface area contributed by atoms with Gasteiger partial charge < -0.3 is 29.4 Å². The summed E-state index contributed by atoms with van der Waals surface area (Å²) in [4.78, 5) is 0. The Hall–Kier alpha value is -1.50. The molecular weight excluding hydrogens is 262 g/mol. The molecule has 0 amide bonds. The van der Waals surface area contributed by atoms with Crippen molar-refractivity contribution in [3.8, 4) is 11.5 Å². The van der Waals surface area contributed by atoms with Crippen molar-refractivity contribution in [3.05, 3.63) is 18.2 Å². The molecule has 0 heterocycles. The Morgan fingerprint density at radius 2 is 1.85 bits per heavy atom. The third-order valence-electron chi connectivity index (χ3n) is 2.78. The van der Waals surface area contributed by atoms with Crippen molar-refractivity contribution in [1.82, 2.24) is 0 Å². The van der Waals surface area contributed by atoms with E-state index in [1.807, 2.05) is 19.1 Å². The van der Waals surface area contributed by atoms with E-state index < -0.39 is 0 Å². The van der Waals surface area contributed by atoms with Gasteiger partial charge in [-0.1, -0.05) is 0 Å². The summed E-state index contributed by atoms with van der Waals surface area (Å²) in [5, 5.41) is 12.1. The highest BCUT2D eigenvalue weighted by Crippen LogP contribution is 2.30. The maximum absolute atomic E-state index is 8.83. The van der Waals surface area contributed by atoms with Crippen molar-refractivity contribution < 1.29 is 24.1 Å². The van der Waals surface area contributed by atoms with E-state index in [1.54, 1.807) is 27.4 Å². The van der Waals surface area contributed by atoms with E-state index in [9.17, 15) is 0 Å². The minimum atomic E-state index is -0.348. The minimum absolute atomic E-state index is 0.0379. The summed E-state index contributed by atoms with van der Waals surface area (Å²) >= 11 is 0. The van der Waals surface area contributed by atoms with Gasteiger partial charge in [0.05, 0.1) is 19.8 Å². The number of hydrogen-bond donors (Lipinski definition) is 2. The Labute approximate surface area is 119 Å². The summed E-state index contributed by atoms with van der Waals surface area (Å²) in [5.74, 6) is 1.19. The van der Waals surface area contributed by atoms with Crippen LogP contribution in [0.25, 0.3) is 0 Å². The number of rotatable bonds is 9. The van der Waals surface area contributed by atoms with E-state index in [0.29, 0.717) is 11.5 Å². The molecule has 0 spiro atoms. The summed E-state index contributed by atoms with van der Waals surface area (Å²) in [6.45, 7) is 2.12. The van der Waals surface area contributed by atoms with Gasteiger partial charge >= 0.3 is 0 Å². The van der Waals surface area contributed by atoms with Crippen LogP contribution in [-0.4, -0.2) is 52.0 Å². The summed E-state index contributed by atoms with van der Waals surface area (Å²) in [6.07, 6.45) is -0.348. The van der Waals surface area contributed by atoms with Crippen LogP contribution in [0.3, 0.4) is 0 Å². The molecule has 0 saturated heterocycles. The summed E-state index contributed by atoms with van der Waals surface area (Å²) in [7, 11) is 4.76. The molecule has 114 valence electrons. The van der Waals surface area contributed by atoms with Crippen molar-refractivity contribution in [1.29, 1.82) is 0 Å². The number of nitrogens with one attached hydrogen (secondary N) is 1. The van der Waals surface area contributed by atoms with Gasteiger partial charge in [0.15, 0.2) is 17.8 Å². The van der Waals surface area contributed by atoms with Crippen LogP contribution in [0, 0.1) is 0 Å². The molecule has 2 N–H and O–H groups in total. The van der Waals surface area contributed by atoms with Crippen molar-refractivity contribution >= 4 is 5.69 Å². The Balaban J connectivity index is 2.80. The lowest BCUT2D eigenvalue weighted by Crippen LogP contribution is -2.33. The van der Waals surface area contributed by atoms with E-state index >= 15 is 0 Å². The Bertz CT molecular complexity index is 395. The highest BCUT2D eigenvalue weighted by atomic mass is 16.7.